The van der Waals surface area contributed by atoms with E-state index in [1.807, 2.05) is 19.1 Å². The lowest BCUT2D eigenvalue weighted by molar-refractivity contribution is 0.121. The van der Waals surface area contributed by atoms with Gasteiger partial charge in [-0.15, -0.1) is 0 Å². The van der Waals surface area contributed by atoms with Crippen molar-refractivity contribution in [2.75, 3.05) is 19.6 Å². The lowest BCUT2D eigenvalue weighted by Gasteiger charge is -2.23. The summed E-state index contributed by atoms with van der Waals surface area (Å²) in [6.45, 7) is 10.3. The number of likely N-dealkylation sites (N-methyl/N-ethyl adjacent to an activating group) is 1. The minimum Gasteiger partial charge on any atom is -0.387 e. The van der Waals surface area contributed by atoms with Crippen molar-refractivity contribution in [3.8, 4) is 0 Å². The molecule has 17 heavy (non-hydrogen) atoms. The summed E-state index contributed by atoms with van der Waals surface area (Å²) in [5.74, 6) is 0. The molecule has 0 fully saturated rings. The number of aliphatic hydroxyl groups is 1. The third kappa shape index (κ3) is 4.90. The first-order chi connectivity index (χ1) is 8.02. The van der Waals surface area contributed by atoms with Gasteiger partial charge in [0.05, 0.1) is 6.10 Å². The molecule has 3 heteroatoms. The molecule has 0 aliphatic carbocycles. The Labute approximate surface area is 109 Å². The van der Waals surface area contributed by atoms with Gasteiger partial charge >= 0.3 is 0 Å². The Morgan fingerprint density at radius 1 is 1.41 bits per heavy atom. The highest BCUT2D eigenvalue weighted by molar-refractivity contribution is 6.30. The van der Waals surface area contributed by atoms with E-state index in [0.29, 0.717) is 11.6 Å². The maximum Gasteiger partial charge on any atom is 0.0917 e. The average Bonchev–Trinajstić information content (AvgIpc) is 2.28. The Morgan fingerprint density at radius 2 is 2.00 bits per heavy atom. The van der Waals surface area contributed by atoms with E-state index >= 15 is 0 Å². The molecule has 1 aromatic rings. The number of hydrogen-bond acceptors (Lipinski definition) is 2. The van der Waals surface area contributed by atoms with Crippen LogP contribution in [-0.2, 0) is 0 Å². The van der Waals surface area contributed by atoms with E-state index in [9.17, 15) is 5.11 Å². The quantitative estimate of drug-likeness (QED) is 0.787. The fourth-order valence-electron chi connectivity index (χ4n) is 1.72. The number of aliphatic hydroxyl groups excluding tert-OH is 1. The first-order valence-corrected chi connectivity index (χ1v) is 6.21. The van der Waals surface area contributed by atoms with Crippen LogP contribution >= 0.6 is 11.6 Å². The lowest BCUT2D eigenvalue weighted by atomic mass is 10.1. The molecule has 0 heterocycles. The van der Waals surface area contributed by atoms with Crippen molar-refractivity contribution in [2.24, 2.45) is 0 Å². The van der Waals surface area contributed by atoms with Crippen LogP contribution in [0.15, 0.2) is 36.4 Å². The van der Waals surface area contributed by atoms with Crippen LogP contribution in [0.3, 0.4) is 0 Å². The molecule has 0 aliphatic rings. The van der Waals surface area contributed by atoms with Crippen LogP contribution in [0.5, 0.6) is 0 Å². The second-order valence-corrected chi connectivity index (χ2v) is 4.79. The van der Waals surface area contributed by atoms with Gasteiger partial charge in [0.1, 0.15) is 0 Å². The fourth-order valence-corrected chi connectivity index (χ4v) is 1.85. The second-order valence-electron chi connectivity index (χ2n) is 4.35. The first-order valence-electron chi connectivity index (χ1n) is 5.83. The molecule has 0 unspecified atom stereocenters. The van der Waals surface area contributed by atoms with Crippen molar-refractivity contribution in [3.63, 3.8) is 0 Å². The minimum absolute atomic E-state index is 0.480. The fraction of sp³-hybridized carbons (Fsp3) is 0.429. The molecule has 0 bridgehead atoms. The Kier molecular flexibility index (Phi) is 5.69. The van der Waals surface area contributed by atoms with Crippen LogP contribution in [0.25, 0.3) is 0 Å². The standard InChI is InChI=1S/C14H20ClNO/c1-4-16(9-11(2)3)10-14(17)12-5-7-13(15)8-6-12/h5-8,14,17H,2,4,9-10H2,1,3H3/t14-/m0/s1. The van der Waals surface area contributed by atoms with Gasteiger partial charge in [0.25, 0.3) is 0 Å². The van der Waals surface area contributed by atoms with E-state index in [1.165, 1.54) is 0 Å². The zero-order chi connectivity index (χ0) is 12.8. The van der Waals surface area contributed by atoms with E-state index in [2.05, 4.69) is 18.4 Å². The Morgan fingerprint density at radius 3 is 2.47 bits per heavy atom. The Hall–Kier alpha value is -0.830. The predicted octanol–water partition coefficient (Wildman–Crippen LogP) is 3.27. The molecule has 0 saturated heterocycles. The van der Waals surface area contributed by atoms with Crippen LogP contribution < -0.4 is 0 Å². The number of rotatable bonds is 6. The Bertz CT molecular complexity index is 361. The number of benzene rings is 1. The zero-order valence-electron chi connectivity index (χ0n) is 10.5. The molecule has 1 atom stereocenters. The van der Waals surface area contributed by atoms with Gasteiger partial charge in [-0.25, -0.2) is 0 Å². The van der Waals surface area contributed by atoms with Crippen molar-refractivity contribution in [2.45, 2.75) is 20.0 Å². The molecule has 2 nitrogen and oxygen atoms in total. The lowest BCUT2D eigenvalue weighted by Crippen LogP contribution is -2.29. The maximum atomic E-state index is 10.1. The van der Waals surface area contributed by atoms with Crippen molar-refractivity contribution in [3.05, 3.63) is 47.0 Å². The molecule has 0 spiro atoms. The molecular formula is C14H20ClNO. The third-order valence-electron chi connectivity index (χ3n) is 2.63. The first kappa shape index (κ1) is 14.2. The van der Waals surface area contributed by atoms with Crippen molar-refractivity contribution >= 4 is 11.6 Å². The summed E-state index contributed by atoms with van der Waals surface area (Å²) >= 11 is 5.81. The smallest absolute Gasteiger partial charge is 0.0917 e. The number of hydrogen-bond donors (Lipinski definition) is 1. The van der Waals surface area contributed by atoms with Gasteiger partial charge in [0.2, 0.25) is 0 Å². The van der Waals surface area contributed by atoms with Crippen LogP contribution in [0, 0.1) is 0 Å². The van der Waals surface area contributed by atoms with Gasteiger partial charge in [-0.3, -0.25) is 4.90 Å². The van der Waals surface area contributed by atoms with Gasteiger partial charge in [0.15, 0.2) is 0 Å². The summed E-state index contributed by atoms with van der Waals surface area (Å²) in [6, 6.07) is 7.33. The summed E-state index contributed by atoms with van der Waals surface area (Å²) in [5, 5.41) is 10.8. The van der Waals surface area contributed by atoms with Crippen molar-refractivity contribution < 1.29 is 5.11 Å². The van der Waals surface area contributed by atoms with Crippen molar-refractivity contribution in [1.29, 1.82) is 0 Å². The normalized spacial score (nSPS) is 12.8. The molecule has 0 aromatic heterocycles. The van der Waals surface area contributed by atoms with Crippen LogP contribution in [-0.4, -0.2) is 29.6 Å². The summed E-state index contributed by atoms with van der Waals surface area (Å²) in [7, 11) is 0. The molecule has 0 aliphatic heterocycles. The zero-order valence-corrected chi connectivity index (χ0v) is 11.2. The minimum atomic E-state index is -0.480. The molecular weight excluding hydrogens is 234 g/mol. The highest BCUT2D eigenvalue weighted by Crippen LogP contribution is 2.17. The van der Waals surface area contributed by atoms with Gasteiger partial charge < -0.3 is 5.11 Å². The summed E-state index contributed by atoms with van der Waals surface area (Å²) in [5.41, 5.74) is 2.00. The second kappa shape index (κ2) is 6.80. The van der Waals surface area contributed by atoms with Gasteiger partial charge in [-0.1, -0.05) is 42.8 Å². The molecule has 1 rings (SSSR count). The largest absolute Gasteiger partial charge is 0.387 e. The molecule has 1 N–H and O–H groups in total. The highest BCUT2D eigenvalue weighted by Gasteiger charge is 2.12. The van der Waals surface area contributed by atoms with E-state index in [0.717, 1.165) is 24.2 Å². The predicted molar refractivity (Wildman–Crippen MR) is 73.3 cm³/mol. The van der Waals surface area contributed by atoms with Crippen molar-refractivity contribution in [1.82, 2.24) is 4.90 Å². The topological polar surface area (TPSA) is 23.5 Å². The molecule has 0 radical (unpaired) electrons. The molecule has 1 aromatic carbocycles. The summed E-state index contributed by atoms with van der Waals surface area (Å²) in [6.07, 6.45) is -0.480. The Balaban J connectivity index is 2.60. The van der Waals surface area contributed by atoms with Gasteiger partial charge in [0, 0.05) is 18.1 Å². The van der Waals surface area contributed by atoms with Gasteiger partial charge in [-0.05, 0) is 31.2 Å². The number of halogens is 1. The average molecular weight is 254 g/mol. The van der Waals surface area contributed by atoms with Crippen LogP contribution in [0.2, 0.25) is 5.02 Å². The highest BCUT2D eigenvalue weighted by atomic mass is 35.5. The third-order valence-corrected chi connectivity index (χ3v) is 2.88. The van der Waals surface area contributed by atoms with E-state index < -0.39 is 6.10 Å². The van der Waals surface area contributed by atoms with Crippen LogP contribution in [0.1, 0.15) is 25.5 Å². The molecule has 94 valence electrons. The van der Waals surface area contributed by atoms with E-state index in [4.69, 9.17) is 11.6 Å². The van der Waals surface area contributed by atoms with Gasteiger partial charge in [-0.2, -0.15) is 0 Å². The number of nitrogens with zero attached hydrogens (tertiary/aromatic N) is 1. The molecule has 0 amide bonds. The van der Waals surface area contributed by atoms with E-state index in [-0.39, 0.29) is 0 Å². The maximum absolute atomic E-state index is 10.1. The SMILES string of the molecule is C=C(C)CN(CC)C[C@H](O)c1ccc(Cl)cc1. The summed E-state index contributed by atoms with van der Waals surface area (Å²) < 4.78 is 0. The monoisotopic (exact) mass is 253 g/mol. The molecule has 0 saturated carbocycles. The summed E-state index contributed by atoms with van der Waals surface area (Å²) in [4.78, 5) is 2.17. The van der Waals surface area contributed by atoms with Crippen LogP contribution in [0.4, 0.5) is 0 Å². The van der Waals surface area contributed by atoms with E-state index in [1.54, 1.807) is 12.1 Å².